The van der Waals surface area contributed by atoms with Gasteiger partial charge in [0.05, 0.1) is 12.7 Å². The number of aromatic nitrogens is 1. The second-order valence-electron chi connectivity index (χ2n) is 6.97. The van der Waals surface area contributed by atoms with Crippen molar-refractivity contribution in [2.75, 3.05) is 12.4 Å². The summed E-state index contributed by atoms with van der Waals surface area (Å²) < 4.78 is 5.19. The fourth-order valence-corrected chi connectivity index (χ4v) is 4.73. The minimum Gasteiger partial charge on any atom is -0.497 e. The first-order valence-electron chi connectivity index (χ1n) is 9.78. The highest BCUT2D eigenvalue weighted by Crippen LogP contribution is 2.39. The number of thiophene rings is 1. The van der Waals surface area contributed by atoms with Crippen LogP contribution in [0.25, 0.3) is 0 Å². The normalized spacial score (nSPS) is 13.7. The van der Waals surface area contributed by atoms with Crippen LogP contribution in [0.2, 0.25) is 0 Å². The highest BCUT2D eigenvalue weighted by molar-refractivity contribution is 7.16. The zero-order valence-electron chi connectivity index (χ0n) is 16.4. The number of pyridine rings is 1. The van der Waals surface area contributed by atoms with Gasteiger partial charge in [0.2, 0.25) is 0 Å². The lowest BCUT2D eigenvalue weighted by Crippen LogP contribution is -2.13. The number of nitrogens with zero attached hydrogens (tertiary/aromatic N) is 2. The molecule has 0 aliphatic heterocycles. The molecule has 0 atom stereocenters. The molecule has 1 aliphatic rings. The van der Waals surface area contributed by atoms with E-state index in [2.05, 4.69) is 15.3 Å². The van der Waals surface area contributed by atoms with E-state index in [1.54, 1.807) is 37.1 Å². The number of methoxy groups -OCH3 is 1. The Balaban J connectivity index is 1.66. The van der Waals surface area contributed by atoms with Gasteiger partial charge < -0.3 is 10.1 Å². The number of carbonyl (C=O) groups is 1. The molecule has 1 aromatic carbocycles. The molecule has 0 spiro atoms. The summed E-state index contributed by atoms with van der Waals surface area (Å²) in [5.41, 5.74) is 3.59. The highest BCUT2D eigenvalue weighted by Gasteiger charge is 2.24. The van der Waals surface area contributed by atoms with Crippen LogP contribution < -0.4 is 10.1 Å². The third-order valence-electron chi connectivity index (χ3n) is 5.01. The van der Waals surface area contributed by atoms with E-state index >= 15 is 0 Å². The van der Waals surface area contributed by atoms with Crippen molar-refractivity contribution in [1.29, 1.82) is 0 Å². The molecule has 5 nitrogen and oxygen atoms in total. The average molecular weight is 406 g/mol. The summed E-state index contributed by atoms with van der Waals surface area (Å²) in [6.45, 7) is 0. The van der Waals surface area contributed by atoms with Gasteiger partial charge in [-0.1, -0.05) is 6.42 Å². The molecule has 1 aliphatic carbocycles. The van der Waals surface area contributed by atoms with E-state index in [4.69, 9.17) is 4.74 Å². The van der Waals surface area contributed by atoms with Gasteiger partial charge in [0.25, 0.3) is 5.91 Å². The maximum Gasteiger partial charge on any atom is 0.259 e. The second-order valence-corrected chi connectivity index (χ2v) is 8.05. The first-order valence-corrected chi connectivity index (χ1v) is 10.6. The number of rotatable bonds is 5. The third-order valence-corrected chi connectivity index (χ3v) is 6.21. The van der Waals surface area contributed by atoms with Gasteiger partial charge in [-0.2, -0.15) is 0 Å². The Morgan fingerprint density at radius 2 is 1.86 bits per heavy atom. The minimum absolute atomic E-state index is 0.101. The van der Waals surface area contributed by atoms with Crippen LogP contribution in [-0.4, -0.2) is 24.2 Å². The van der Waals surface area contributed by atoms with Crippen molar-refractivity contribution in [2.45, 2.75) is 32.1 Å². The van der Waals surface area contributed by atoms with Crippen molar-refractivity contribution in [2.24, 2.45) is 4.99 Å². The Kier molecular flexibility index (Phi) is 6.00. The van der Waals surface area contributed by atoms with E-state index in [9.17, 15) is 4.79 Å². The molecular formula is C23H23N3O2S. The first kappa shape index (κ1) is 19.3. The van der Waals surface area contributed by atoms with Gasteiger partial charge in [0.15, 0.2) is 0 Å². The number of anilines is 1. The Hall–Kier alpha value is -2.99. The Morgan fingerprint density at radius 1 is 1.10 bits per heavy atom. The predicted molar refractivity (Wildman–Crippen MR) is 118 cm³/mol. The molecule has 0 fully saturated rings. The number of ether oxygens (including phenoxy) is 1. The smallest absolute Gasteiger partial charge is 0.259 e. The van der Waals surface area contributed by atoms with E-state index < -0.39 is 0 Å². The Bertz CT molecular complexity index is 1010. The summed E-state index contributed by atoms with van der Waals surface area (Å²) in [7, 11) is 1.63. The molecular weight excluding hydrogens is 382 g/mol. The summed E-state index contributed by atoms with van der Waals surface area (Å²) in [5.74, 6) is 0.659. The highest BCUT2D eigenvalue weighted by atomic mass is 32.1. The number of aryl methyl sites for hydroxylation is 1. The van der Waals surface area contributed by atoms with Crippen LogP contribution in [-0.2, 0) is 12.8 Å². The minimum atomic E-state index is -0.101. The first-order chi connectivity index (χ1) is 14.2. The van der Waals surface area contributed by atoms with Crippen molar-refractivity contribution in [1.82, 2.24) is 4.98 Å². The molecule has 1 amide bonds. The number of hydrogen-bond donors (Lipinski definition) is 1. The molecule has 6 heteroatoms. The molecule has 1 N–H and O–H groups in total. The van der Waals surface area contributed by atoms with E-state index in [1.807, 2.05) is 36.4 Å². The number of nitrogens with one attached hydrogen (secondary N) is 1. The maximum atomic E-state index is 13.2. The molecule has 0 saturated carbocycles. The lowest BCUT2D eigenvalue weighted by molar-refractivity contribution is 0.102. The summed E-state index contributed by atoms with van der Waals surface area (Å²) in [5, 5.41) is 3.81. The van der Waals surface area contributed by atoms with Crippen LogP contribution in [0, 0.1) is 0 Å². The molecule has 4 rings (SSSR count). The van der Waals surface area contributed by atoms with Crippen LogP contribution in [0.4, 0.5) is 10.7 Å². The maximum absolute atomic E-state index is 13.2. The van der Waals surface area contributed by atoms with Crippen molar-refractivity contribution < 1.29 is 9.53 Å². The predicted octanol–water partition coefficient (Wildman–Crippen LogP) is 5.42. The fraction of sp³-hybridized carbons (Fsp3) is 0.261. The summed E-state index contributed by atoms with van der Waals surface area (Å²) in [6.07, 6.45) is 10.7. The molecule has 0 bridgehead atoms. The van der Waals surface area contributed by atoms with E-state index in [0.717, 1.165) is 41.3 Å². The van der Waals surface area contributed by atoms with E-state index in [1.165, 1.54) is 23.3 Å². The van der Waals surface area contributed by atoms with Crippen LogP contribution >= 0.6 is 11.3 Å². The van der Waals surface area contributed by atoms with Gasteiger partial charge in [0, 0.05) is 29.2 Å². The van der Waals surface area contributed by atoms with E-state index in [0.29, 0.717) is 5.56 Å². The van der Waals surface area contributed by atoms with Gasteiger partial charge in [0.1, 0.15) is 10.8 Å². The van der Waals surface area contributed by atoms with Crippen LogP contribution in [0.5, 0.6) is 5.75 Å². The summed E-state index contributed by atoms with van der Waals surface area (Å²) in [4.78, 5) is 23.2. The molecule has 2 heterocycles. The molecule has 0 unspecified atom stereocenters. The number of hydrogen-bond acceptors (Lipinski definition) is 5. The van der Waals surface area contributed by atoms with Crippen molar-refractivity contribution >= 4 is 34.1 Å². The van der Waals surface area contributed by atoms with Gasteiger partial charge >= 0.3 is 0 Å². The number of aliphatic imine (C=N–C) groups is 1. The summed E-state index contributed by atoms with van der Waals surface area (Å²) >= 11 is 1.65. The molecule has 0 saturated heterocycles. The zero-order valence-corrected chi connectivity index (χ0v) is 17.2. The van der Waals surface area contributed by atoms with Gasteiger partial charge in [-0.3, -0.25) is 9.78 Å². The van der Waals surface area contributed by atoms with Gasteiger partial charge in [-0.15, -0.1) is 11.3 Å². The largest absolute Gasteiger partial charge is 0.497 e. The number of benzene rings is 1. The average Bonchev–Trinajstić information content (AvgIpc) is 2.95. The number of fused-ring (bicyclic) bond motifs is 1. The molecule has 2 aromatic heterocycles. The zero-order chi connectivity index (χ0) is 20.1. The van der Waals surface area contributed by atoms with E-state index in [-0.39, 0.29) is 5.91 Å². The second kappa shape index (κ2) is 9.01. The molecule has 0 radical (unpaired) electrons. The van der Waals surface area contributed by atoms with Gasteiger partial charge in [-0.05, 0) is 73.2 Å². The third kappa shape index (κ3) is 4.54. The quantitative estimate of drug-likeness (QED) is 0.455. The Morgan fingerprint density at radius 3 is 2.62 bits per heavy atom. The van der Waals surface area contributed by atoms with Gasteiger partial charge in [-0.25, -0.2) is 4.99 Å². The fourth-order valence-electron chi connectivity index (χ4n) is 3.50. The lowest BCUT2D eigenvalue weighted by atomic mass is 10.0. The molecule has 29 heavy (non-hydrogen) atoms. The van der Waals surface area contributed by atoms with Crippen molar-refractivity contribution in [3.63, 3.8) is 0 Å². The molecule has 3 aromatic rings. The molecule has 148 valence electrons. The lowest BCUT2D eigenvalue weighted by Gasteiger charge is -2.08. The van der Waals surface area contributed by atoms with Crippen molar-refractivity contribution in [3.8, 4) is 5.75 Å². The van der Waals surface area contributed by atoms with Crippen LogP contribution in [0.15, 0.2) is 53.8 Å². The summed E-state index contributed by atoms with van der Waals surface area (Å²) in [6, 6.07) is 11.2. The van der Waals surface area contributed by atoms with Crippen molar-refractivity contribution in [3.05, 3.63) is 70.4 Å². The monoisotopic (exact) mass is 405 g/mol. The number of carbonyl (C=O) groups excluding carboxylic acids is 1. The topological polar surface area (TPSA) is 63.6 Å². The standard InChI is InChI=1S/C23H23N3O2S/c1-28-18-9-7-17(8-10-18)26-22(27)21-19-5-3-2-4-6-20(19)29-23(21)25-15-16-11-13-24-14-12-16/h7-15H,2-6H2,1H3,(H,26,27). The van der Waals surface area contributed by atoms with Crippen LogP contribution in [0.3, 0.4) is 0 Å². The Labute approximate surface area is 174 Å². The number of amides is 1. The SMILES string of the molecule is COc1ccc(NC(=O)c2c(N=Cc3ccncc3)sc3c2CCCCC3)cc1. The van der Waals surface area contributed by atoms with Crippen LogP contribution in [0.1, 0.15) is 45.6 Å².